The molecule has 2 heterocycles. The molecule has 2 aromatic rings. The molecular formula is C31H35Cl3N6O. The molecule has 4 rings (SSSR count). The second-order valence-electron chi connectivity index (χ2n) is 10.5. The molecular weight excluding hydrogens is 579 g/mol. The lowest BCUT2D eigenvalue weighted by Gasteiger charge is -2.29. The fourth-order valence-electron chi connectivity index (χ4n) is 5.60. The minimum Gasteiger partial charge on any atom is -0.354 e. The van der Waals surface area contributed by atoms with Crippen molar-refractivity contribution in [3.63, 3.8) is 0 Å². The van der Waals surface area contributed by atoms with E-state index in [9.17, 15) is 15.3 Å². The molecule has 2 aliphatic rings. The maximum absolute atomic E-state index is 13.6. The maximum Gasteiger partial charge on any atom is 0.228 e. The Bertz CT molecular complexity index is 1320. The Labute approximate surface area is 258 Å². The van der Waals surface area contributed by atoms with Gasteiger partial charge < -0.3 is 14.7 Å². The van der Waals surface area contributed by atoms with Crippen LogP contribution in [0.15, 0.2) is 47.8 Å². The number of anilines is 1. The number of benzene rings is 2. The Hall–Kier alpha value is -2.94. The van der Waals surface area contributed by atoms with Crippen LogP contribution in [0.25, 0.3) is 0 Å². The summed E-state index contributed by atoms with van der Waals surface area (Å²) in [6.07, 6.45) is 4.73. The zero-order valence-electron chi connectivity index (χ0n) is 23.4. The largest absolute Gasteiger partial charge is 0.354 e. The predicted molar refractivity (Wildman–Crippen MR) is 165 cm³/mol. The molecule has 216 valence electrons. The summed E-state index contributed by atoms with van der Waals surface area (Å²) in [5.74, 6) is 0.487. The van der Waals surface area contributed by atoms with Crippen molar-refractivity contribution < 1.29 is 4.79 Å². The SMILES string of the molecule is CCCN(C(=O)CCN1CCN(Cc2cc(Cl)cc(Cl)c2)C1=C(C#N)C#N)c1cc(CN2CCCCC2)ccc1Cl. The molecule has 7 nitrogen and oxygen atoms in total. The van der Waals surface area contributed by atoms with E-state index in [2.05, 4.69) is 4.90 Å². The van der Waals surface area contributed by atoms with Crippen molar-refractivity contribution in [3.8, 4) is 12.1 Å². The number of amides is 1. The van der Waals surface area contributed by atoms with Gasteiger partial charge in [-0.15, -0.1) is 0 Å². The topological polar surface area (TPSA) is 77.6 Å². The van der Waals surface area contributed by atoms with Crippen LogP contribution in [0.3, 0.4) is 0 Å². The molecule has 0 N–H and O–H groups in total. The quantitative estimate of drug-likeness (QED) is 0.273. The zero-order valence-corrected chi connectivity index (χ0v) is 25.6. The van der Waals surface area contributed by atoms with Crippen LogP contribution in [0.1, 0.15) is 50.2 Å². The molecule has 0 atom stereocenters. The van der Waals surface area contributed by atoms with Crippen molar-refractivity contribution in [2.45, 2.75) is 52.1 Å². The van der Waals surface area contributed by atoms with Crippen molar-refractivity contribution >= 4 is 46.4 Å². The number of likely N-dealkylation sites (tertiary alicyclic amines) is 1. The molecule has 2 fully saturated rings. The van der Waals surface area contributed by atoms with Crippen molar-refractivity contribution in [1.82, 2.24) is 14.7 Å². The summed E-state index contributed by atoms with van der Waals surface area (Å²) in [6, 6.07) is 15.4. The van der Waals surface area contributed by atoms with Gasteiger partial charge in [-0.3, -0.25) is 9.69 Å². The van der Waals surface area contributed by atoms with Gasteiger partial charge in [-0.1, -0.05) is 54.2 Å². The van der Waals surface area contributed by atoms with E-state index in [1.807, 2.05) is 59.2 Å². The average molecular weight is 614 g/mol. The summed E-state index contributed by atoms with van der Waals surface area (Å²) in [6.45, 7) is 7.63. The molecule has 0 unspecified atom stereocenters. The van der Waals surface area contributed by atoms with Gasteiger partial charge in [-0.25, -0.2) is 0 Å². The number of nitriles is 2. The monoisotopic (exact) mass is 612 g/mol. The third-order valence-corrected chi connectivity index (χ3v) is 8.24. The number of nitrogens with zero attached hydrogens (tertiary/aromatic N) is 6. The van der Waals surface area contributed by atoms with Gasteiger partial charge in [0, 0.05) is 55.7 Å². The molecule has 1 amide bonds. The van der Waals surface area contributed by atoms with E-state index < -0.39 is 0 Å². The van der Waals surface area contributed by atoms with Gasteiger partial charge in [0.15, 0.2) is 5.57 Å². The number of carbonyl (C=O) groups excluding carboxylic acids is 1. The molecule has 0 aromatic heterocycles. The second kappa shape index (κ2) is 14.8. The first-order valence-corrected chi connectivity index (χ1v) is 15.3. The van der Waals surface area contributed by atoms with E-state index >= 15 is 0 Å². The van der Waals surface area contributed by atoms with Gasteiger partial charge in [0.1, 0.15) is 18.0 Å². The van der Waals surface area contributed by atoms with E-state index in [0.29, 0.717) is 53.6 Å². The molecule has 2 aromatic carbocycles. The number of hydrogen-bond acceptors (Lipinski definition) is 6. The molecule has 41 heavy (non-hydrogen) atoms. The number of piperidine rings is 1. The maximum atomic E-state index is 13.6. The van der Waals surface area contributed by atoms with Gasteiger partial charge >= 0.3 is 0 Å². The van der Waals surface area contributed by atoms with Crippen molar-refractivity contribution in [1.29, 1.82) is 10.5 Å². The summed E-state index contributed by atoms with van der Waals surface area (Å²) in [4.78, 5) is 21.8. The first-order chi connectivity index (χ1) is 19.8. The van der Waals surface area contributed by atoms with E-state index in [-0.39, 0.29) is 17.9 Å². The molecule has 10 heteroatoms. The number of carbonyl (C=O) groups is 1. The average Bonchev–Trinajstić information content (AvgIpc) is 3.34. The Morgan fingerprint density at radius 2 is 1.56 bits per heavy atom. The molecule has 2 saturated heterocycles. The third kappa shape index (κ3) is 8.09. The highest BCUT2D eigenvalue weighted by Crippen LogP contribution is 2.30. The Balaban J connectivity index is 1.49. The lowest BCUT2D eigenvalue weighted by Crippen LogP contribution is -2.35. The van der Waals surface area contributed by atoms with E-state index in [1.54, 1.807) is 11.0 Å². The lowest BCUT2D eigenvalue weighted by atomic mass is 10.1. The summed E-state index contributed by atoms with van der Waals surface area (Å²) in [7, 11) is 0. The van der Waals surface area contributed by atoms with Gasteiger partial charge in [0.25, 0.3) is 0 Å². The van der Waals surface area contributed by atoms with Gasteiger partial charge in [-0.2, -0.15) is 10.5 Å². The minimum absolute atomic E-state index is 0.0157. The Morgan fingerprint density at radius 3 is 2.22 bits per heavy atom. The van der Waals surface area contributed by atoms with Crippen LogP contribution in [0.5, 0.6) is 0 Å². The molecule has 0 aliphatic carbocycles. The van der Waals surface area contributed by atoms with E-state index in [4.69, 9.17) is 34.8 Å². The lowest BCUT2D eigenvalue weighted by molar-refractivity contribution is -0.118. The highest BCUT2D eigenvalue weighted by atomic mass is 35.5. The normalized spacial score (nSPS) is 15.5. The molecule has 0 radical (unpaired) electrons. The Morgan fingerprint density at radius 1 is 0.878 bits per heavy atom. The fourth-order valence-corrected chi connectivity index (χ4v) is 6.39. The van der Waals surface area contributed by atoms with Crippen molar-refractivity contribution in [2.24, 2.45) is 0 Å². The number of hydrogen-bond donors (Lipinski definition) is 0. The van der Waals surface area contributed by atoms with E-state index in [0.717, 1.165) is 42.9 Å². The van der Waals surface area contributed by atoms with Crippen LogP contribution in [-0.2, 0) is 17.9 Å². The van der Waals surface area contributed by atoms with Crippen LogP contribution in [0.2, 0.25) is 15.1 Å². The fraction of sp³-hybridized carbons (Fsp3) is 0.452. The first-order valence-electron chi connectivity index (χ1n) is 14.1. The summed E-state index contributed by atoms with van der Waals surface area (Å²) < 4.78 is 0. The van der Waals surface area contributed by atoms with Crippen LogP contribution in [0, 0.1) is 22.7 Å². The highest BCUT2D eigenvalue weighted by Gasteiger charge is 2.30. The minimum atomic E-state index is -0.0428. The van der Waals surface area contributed by atoms with Crippen molar-refractivity contribution in [2.75, 3.05) is 44.2 Å². The molecule has 0 bridgehead atoms. The highest BCUT2D eigenvalue weighted by molar-refractivity contribution is 6.34. The zero-order chi connectivity index (χ0) is 29.4. The number of halogens is 3. The summed E-state index contributed by atoms with van der Waals surface area (Å²) in [5.41, 5.74) is 2.78. The standard InChI is InChI=1S/C31H35Cl3N6O/c1-2-9-40(29-17-23(6-7-28(29)34)21-37-10-4-3-5-11-37)30(41)8-12-38-13-14-39(31(38)25(19-35)20-36)22-24-15-26(32)18-27(33)16-24/h6-7,15-18H,2-5,8-14,21-22H2,1H3. The third-order valence-electron chi connectivity index (χ3n) is 7.48. The summed E-state index contributed by atoms with van der Waals surface area (Å²) in [5, 5.41) is 21.0. The molecule has 2 aliphatic heterocycles. The predicted octanol–water partition coefficient (Wildman–Crippen LogP) is 6.84. The van der Waals surface area contributed by atoms with Crippen LogP contribution in [0.4, 0.5) is 5.69 Å². The number of allylic oxidation sites excluding steroid dienone is 1. The first kappa shape index (κ1) is 31.0. The Kier molecular flexibility index (Phi) is 11.2. The van der Waals surface area contributed by atoms with Crippen molar-refractivity contribution in [3.05, 3.63) is 74.0 Å². The van der Waals surface area contributed by atoms with Crippen LogP contribution >= 0.6 is 34.8 Å². The van der Waals surface area contributed by atoms with Gasteiger partial charge in [-0.05, 0) is 73.8 Å². The number of rotatable bonds is 10. The van der Waals surface area contributed by atoms with Gasteiger partial charge in [0.2, 0.25) is 5.91 Å². The molecule has 0 spiro atoms. The second-order valence-corrected chi connectivity index (χ2v) is 11.8. The van der Waals surface area contributed by atoms with E-state index in [1.165, 1.54) is 19.3 Å². The molecule has 0 saturated carbocycles. The summed E-state index contributed by atoms with van der Waals surface area (Å²) >= 11 is 19.0. The van der Waals surface area contributed by atoms with Crippen LogP contribution in [-0.4, -0.2) is 59.9 Å². The smallest absolute Gasteiger partial charge is 0.228 e. The van der Waals surface area contributed by atoms with Gasteiger partial charge in [0.05, 0.1) is 10.7 Å². The van der Waals surface area contributed by atoms with Crippen LogP contribution < -0.4 is 4.90 Å².